The molecule has 1 spiro atoms. The van der Waals surface area contributed by atoms with Gasteiger partial charge in [-0.15, -0.1) is 0 Å². The molecule has 0 bridgehead atoms. The number of hydrogen-bond donors (Lipinski definition) is 4. The third kappa shape index (κ3) is 3.41. The number of carbonyl (C=O) groups excluding carboxylic acids is 4. The van der Waals surface area contributed by atoms with E-state index in [4.69, 9.17) is 14.2 Å². The van der Waals surface area contributed by atoms with Crippen molar-refractivity contribution < 1.29 is 53.8 Å². The summed E-state index contributed by atoms with van der Waals surface area (Å²) in [5.41, 5.74) is -1.41. The lowest BCUT2D eigenvalue weighted by atomic mass is 9.42. The van der Waals surface area contributed by atoms with Crippen LogP contribution in [0.1, 0.15) is 53.4 Å². The maximum absolute atomic E-state index is 14.4. The van der Waals surface area contributed by atoms with Crippen LogP contribution in [0.4, 0.5) is 0 Å². The van der Waals surface area contributed by atoms with Crippen molar-refractivity contribution in [3.63, 3.8) is 0 Å². The number of rotatable bonds is 6. The molecule has 11 heteroatoms. The molecule has 0 aromatic rings. The lowest BCUT2D eigenvalue weighted by Gasteiger charge is -2.63. The Hall–Kier alpha value is -3.12. The van der Waals surface area contributed by atoms with Crippen LogP contribution in [0.25, 0.3) is 0 Å². The Labute approximate surface area is 272 Å². The highest BCUT2D eigenvalue weighted by Gasteiger charge is 2.84. The highest BCUT2D eigenvalue weighted by atomic mass is 16.6. The fraction of sp³-hybridized carbons (Fsp3) is 0.667. The van der Waals surface area contributed by atoms with E-state index in [1.807, 2.05) is 6.92 Å². The third-order valence-electron chi connectivity index (χ3n) is 14.3. The molecule has 5 saturated carbocycles. The molecule has 0 amide bonds. The molecule has 4 N–H and O–H groups in total. The number of carbonyl (C=O) groups is 4. The van der Waals surface area contributed by atoms with Gasteiger partial charge in [0.25, 0.3) is 0 Å². The first-order valence-electron chi connectivity index (χ1n) is 16.7. The second-order valence-corrected chi connectivity index (χ2v) is 15.7. The van der Waals surface area contributed by atoms with Crippen LogP contribution in [0, 0.1) is 52.3 Å². The van der Waals surface area contributed by atoms with Crippen LogP contribution in [0.3, 0.4) is 0 Å². The second kappa shape index (κ2) is 9.52. The zero-order chi connectivity index (χ0) is 33.7. The Morgan fingerprint density at radius 2 is 1.74 bits per heavy atom. The van der Waals surface area contributed by atoms with Crippen LogP contribution < -0.4 is 0 Å². The maximum Gasteiger partial charge on any atom is 0.337 e. The van der Waals surface area contributed by atoms with Gasteiger partial charge in [-0.1, -0.05) is 19.4 Å². The zero-order valence-corrected chi connectivity index (χ0v) is 27.3. The van der Waals surface area contributed by atoms with Crippen molar-refractivity contribution in [2.24, 2.45) is 52.3 Å². The summed E-state index contributed by atoms with van der Waals surface area (Å²) in [6.45, 7) is 5.89. The summed E-state index contributed by atoms with van der Waals surface area (Å²) in [6, 6.07) is 0. The van der Waals surface area contributed by atoms with Crippen molar-refractivity contribution in [2.45, 2.75) is 70.7 Å². The molecule has 47 heavy (non-hydrogen) atoms. The molecule has 7 aliphatic carbocycles. The van der Waals surface area contributed by atoms with E-state index in [2.05, 4.69) is 6.92 Å². The number of fused-ring (bicyclic) bond motifs is 7. The molecule has 0 saturated heterocycles. The minimum absolute atomic E-state index is 0.00883. The predicted molar refractivity (Wildman–Crippen MR) is 162 cm³/mol. The number of allylic oxidation sites excluding steroid dienone is 1. The summed E-state index contributed by atoms with van der Waals surface area (Å²) >= 11 is 0. The Morgan fingerprint density at radius 1 is 1.02 bits per heavy atom. The van der Waals surface area contributed by atoms with E-state index in [-0.39, 0.29) is 65.6 Å². The maximum atomic E-state index is 14.4. The molecule has 8 aliphatic rings. The van der Waals surface area contributed by atoms with Crippen molar-refractivity contribution in [1.29, 1.82) is 0 Å². The van der Waals surface area contributed by atoms with Crippen molar-refractivity contribution in [1.82, 2.24) is 0 Å². The Balaban J connectivity index is 1.34. The number of hydrogen-bond acceptors (Lipinski definition) is 11. The average molecular weight is 651 g/mol. The number of ether oxygens (including phenoxy) is 3. The van der Waals surface area contributed by atoms with E-state index in [1.165, 1.54) is 27.0 Å². The van der Waals surface area contributed by atoms with Crippen molar-refractivity contribution in [3.05, 3.63) is 45.1 Å². The normalized spacial score (nSPS) is 47.7. The smallest absolute Gasteiger partial charge is 0.337 e. The number of Topliss-reactive ketones (excluding diaryl/α,β-unsaturated/α-hetero) is 1. The van der Waals surface area contributed by atoms with Crippen LogP contribution in [-0.2, 0) is 33.4 Å². The molecule has 12 unspecified atom stereocenters. The van der Waals surface area contributed by atoms with Crippen LogP contribution in [0.2, 0.25) is 0 Å². The molecule has 5 fully saturated rings. The first kappa shape index (κ1) is 31.2. The molecule has 12 atom stereocenters. The lowest BCUT2D eigenvalue weighted by Crippen LogP contribution is -2.67. The number of ketones is 1. The average Bonchev–Trinajstić information content (AvgIpc) is 3.96. The zero-order valence-electron chi connectivity index (χ0n) is 27.3. The minimum atomic E-state index is -1.43. The van der Waals surface area contributed by atoms with Gasteiger partial charge in [0, 0.05) is 34.0 Å². The van der Waals surface area contributed by atoms with Gasteiger partial charge in [-0.2, -0.15) is 0 Å². The van der Waals surface area contributed by atoms with Gasteiger partial charge >= 0.3 is 17.9 Å². The van der Waals surface area contributed by atoms with Gasteiger partial charge in [-0.25, -0.2) is 14.4 Å². The van der Waals surface area contributed by atoms with Crippen LogP contribution in [-0.4, -0.2) is 88.4 Å². The van der Waals surface area contributed by atoms with E-state index in [9.17, 15) is 39.6 Å². The van der Waals surface area contributed by atoms with Gasteiger partial charge in [-0.3, -0.25) is 4.79 Å². The SMILES string of the molecule is COC(=O)C(C)=C1C(=O)C(O)C2(C)C3=C(CC4C5(OC(=O)C(CO)=C5CC5C(O)(COC(=O)C(C)=CCO)C6CC6C54C)C13)C1CC12. The first-order valence-corrected chi connectivity index (χ1v) is 16.7. The second-order valence-electron chi connectivity index (χ2n) is 15.7. The fourth-order valence-corrected chi connectivity index (χ4v) is 12.1. The summed E-state index contributed by atoms with van der Waals surface area (Å²) in [5.74, 6) is -4.35. The van der Waals surface area contributed by atoms with Gasteiger partial charge in [0.2, 0.25) is 0 Å². The van der Waals surface area contributed by atoms with Gasteiger partial charge in [0.15, 0.2) is 5.78 Å². The summed E-state index contributed by atoms with van der Waals surface area (Å²) in [7, 11) is 1.23. The highest BCUT2D eigenvalue weighted by Crippen LogP contribution is 2.83. The van der Waals surface area contributed by atoms with Gasteiger partial charge in [0.05, 0.1) is 31.8 Å². The van der Waals surface area contributed by atoms with Gasteiger partial charge < -0.3 is 34.6 Å². The van der Waals surface area contributed by atoms with Crippen LogP contribution in [0.5, 0.6) is 0 Å². The molecule has 8 rings (SSSR count). The largest absolute Gasteiger partial charge is 0.466 e. The number of aliphatic hydroxyl groups is 4. The summed E-state index contributed by atoms with van der Waals surface area (Å²) in [4.78, 5) is 54.1. The molecule has 0 aromatic heterocycles. The van der Waals surface area contributed by atoms with Crippen molar-refractivity contribution in [3.8, 4) is 0 Å². The van der Waals surface area contributed by atoms with Crippen molar-refractivity contribution >= 4 is 23.7 Å². The standard InChI is InChI=1S/C36H42O11/c1-14(6-7-37)30(41)46-13-35(44)22-10-21(22)33(3)23(35)11-20-18(12-38)32(43)47-36(20)24(33)9-17-16-8-19(16)34(4)26(17)27(36)25(28(39)29(34)40)15(2)31(42)45-5/h6,16,19,21-24,27,29,37-38,40,44H,7-13H2,1-5H3. The highest BCUT2D eigenvalue weighted by molar-refractivity contribution is 6.09. The van der Waals surface area contributed by atoms with E-state index in [1.54, 1.807) is 0 Å². The van der Waals surface area contributed by atoms with Crippen LogP contribution in [0.15, 0.2) is 45.1 Å². The monoisotopic (exact) mass is 650 g/mol. The van der Waals surface area contributed by atoms with Gasteiger partial charge in [-0.05, 0) is 85.8 Å². The Kier molecular flexibility index (Phi) is 6.31. The molecular formula is C36H42O11. The quantitative estimate of drug-likeness (QED) is 0.142. The van der Waals surface area contributed by atoms with E-state index < -0.39 is 76.2 Å². The van der Waals surface area contributed by atoms with Crippen molar-refractivity contribution in [2.75, 3.05) is 26.9 Å². The Morgan fingerprint density at radius 3 is 2.40 bits per heavy atom. The minimum Gasteiger partial charge on any atom is -0.466 e. The molecule has 1 heterocycles. The summed E-state index contributed by atoms with van der Waals surface area (Å²) in [5, 5.41) is 44.1. The molecule has 1 aliphatic heterocycles. The fourth-order valence-electron chi connectivity index (χ4n) is 12.1. The molecule has 0 aromatic carbocycles. The van der Waals surface area contributed by atoms with E-state index in [0.29, 0.717) is 18.4 Å². The molecule has 0 radical (unpaired) electrons. The molecular weight excluding hydrogens is 608 g/mol. The number of aliphatic hydroxyl groups excluding tert-OH is 3. The number of esters is 3. The lowest BCUT2D eigenvalue weighted by molar-refractivity contribution is -0.191. The van der Waals surface area contributed by atoms with Gasteiger partial charge in [0.1, 0.15) is 23.9 Å². The predicted octanol–water partition coefficient (Wildman–Crippen LogP) is 1.48. The van der Waals surface area contributed by atoms with E-state index >= 15 is 0 Å². The summed E-state index contributed by atoms with van der Waals surface area (Å²) < 4.78 is 17.3. The number of methoxy groups -OCH3 is 1. The molecule has 11 nitrogen and oxygen atoms in total. The Bertz CT molecular complexity index is 1700. The van der Waals surface area contributed by atoms with Crippen LogP contribution >= 0.6 is 0 Å². The third-order valence-corrected chi connectivity index (χ3v) is 14.3. The topological polar surface area (TPSA) is 177 Å². The van der Waals surface area contributed by atoms with E-state index in [0.717, 1.165) is 17.6 Å². The first-order chi connectivity index (χ1) is 22.2. The molecule has 252 valence electrons. The summed E-state index contributed by atoms with van der Waals surface area (Å²) in [6.07, 6.45) is 2.16.